The fourth-order valence-electron chi connectivity index (χ4n) is 1.90. The molecule has 1 aromatic rings. The summed E-state index contributed by atoms with van der Waals surface area (Å²) in [5.41, 5.74) is -5.23. The fourth-order valence-corrected chi connectivity index (χ4v) is 2.50. The Hall–Kier alpha value is -1.77. The quantitative estimate of drug-likeness (QED) is 0.555. The Balaban J connectivity index is 2.64. The molecule has 0 aliphatic rings. The molecule has 0 N–H and O–H groups in total. The van der Waals surface area contributed by atoms with Crippen molar-refractivity contribution in [3.8, 4) is 0 Å². The zero-order valence-corrected chi connectivity index (χ0v) is 15.3. The zero-order valence-electron chi connectivity index (χ0n) is 14.5. The first-order valence-corrected chi connectivity index (χ1v) is 8.39. The molecule has 0 atom stereocenters. The largest absolute Gasteiger partial charge is 0.460 e. The first-order chi connectivity index (χ1) is 11.4. The molecular formula is C16H21F3N2O3S. The maximum absolute atomic E-state index is 12.6. The fraction of sp³-hybridized carbons (Fsp3) is 0.562. The predicted molar refractivity (Wildman–Crippen MR) is 88.2 cm³/mol. The predicted octanol–water partition coefficient (Wildman–Crippen LogP) is 3.89. The summed E-state index contributed by atoms with van der Waals surface area (Å²) in [5, 5.41) is -0.390. The van der Waals surface area contributed by atoms with Crippen molar-refractivity contribution >= 4 is 23.6 Å². The average Bonchev–Trinajstić information content (AvgIpc) is 2.43. The third kappa shape index (κ3) is 8.24. The third-order valence-corrected chi connectivity index (χ3v) is 3.61. The second kappa shape index (κ2) is 8.55. The summed E-state index contributed by atoms with van der Waals surface area (Å²) in [6, 6.07) is 2.70. The molecule has 0 bridgehead atoms. The van der Waals surface area contributed by atoms with E-state index in [0.29, 0.717) is 6.42 Å². The summed E-state index contributed by atoms with van der Waals surface area (Å²) < 4.78 is 42.8. The van der Waals surface area contributed by atoms with Gasteiger partial charge >= 0.3 is 11.5 Å². The molecule has 0 aromatic carbocycles. The smallest absolute Gasteiger partial charge is 0.447 e. The third-order valence-electron chi connectivity index (χ3n) is 2.86. The maximum atomic E-state index is 12.6. The van der Waals surface area contributed by atoms with E-state index in [-0.39, 0.29) is 29.5 Å². The van der Waals surface area contributed by atoms with Crippen LogP contribution in [0.2, 0.25) is 0 Å². The van der Waals surface area contributed by atoms with Gasteiger partial charge in [0.25, 0.3) is 5.91 Å². The molecule has 0 saturated heterocycles. The highest BCUT2D eigenvalue weighted by Gasteiger charge is 2.32. The van der Waals surface area contributed by atoms with Crippen molar-refractivity contribution < 1.29 is 27.5 Å². The number of ether oxygens (including phenoxy) is 1. The number of alkyl halides is 3. The van der Waals surface area contributed by atoms with E-state index in [1.165, 1.54) is 30.3 Å². The van der Waals surface area contributed by atoms with Crippen LogP contribution < -0.4 is 0 Å². The minimum atomic E-state index is -4.53. The van der Waals surface area contributed by atoms with Gasteiger partial charge in [-0.1, -0.05) is 0 Å². The van der Waals surface area contributed by atoms with Gasteiger partial charge in [0.1, 0.15) is 10.6 Å². The number of pyridine rings is 1. The highest BCUT2D eigenvalue weighted by molar-refractivity contribution is 8.00. The van der Waals surface area contributed by atoms with Crippen LogP contribution in [0.25, 0.3) is 0 Å². The van der Waals surface area contributed by atoms with Gasteiger partial charge < -0.3 is 9.64 Å². The van der Waals surface area contributed by atoms with Crippen molar-refractivity contribution in [1.82, 2.24) is 9.88 Å². The normalized spacial score (nSPS) is 12.0. The summed E-state index contributed by atoms with van der Waals surface area (Å²) in [6.07, 6.45) is 1.67. The molecule has 0 spiro atoms. The van der Waals surface area contributed by atoms with Crippen molar-refractivity contribution in [1.29, 1.82) is 0 Å². The Bertz CT molecular complexity index is 615. The first-order valence-electron chi connectivity index (χ1n) is 7.57. The van der Waals surface area contributed by atoms with Gasteiger partial charge in [-0.3, -0.25) is 9.59 Å². The lowest BCUT2D eigenvalue weighted by molar-refractivity contribution is -0.154. The minimum absolute atomic E-state index is 0.117. The highest BCUT2D eigenvalue weighted by atomic mass is 32.2. The van der Waals surface area contributed by atoms with Gasteiger partial charge in [0.05, 0.1) is 5.56 Å². The second-order valence-electron chi connectivity index (χ2n) is 6.32. The van der Waals surface area contributed by atoms with Gasteiger partial charge in [-0.2, -0.15) is 13.2 Å². The van der Waals surface area contributed by atoms with Crippen molar-refractivity contribution in [2.75, 3.05) is 13.6 Å². The molecular weight excluding hydrogens is 357 g/mol. The van der Waals surface area contributed by atoms with E-state index < -0.39 is 28.8 Å². The first kappa shape index (κ1) is 21.3. The van der Waals surface area contributed by atoms with Gasteiger partial charge in [-0.15, -0.1) is 0 Å². The van der Waals surface area contributed by atoms with Crippen LogP contribution in [-0.4, -0.2) is 46.5 Å². The molecule has 1 rings (SSSR count). The molecule has 1 amide bonds. The van der Waals surface area contributed by atoms with Crippen LogP contribution >= 0.6 is 11.8 Å². The van der Waals surface area contributed by atoms with E-state index in [9.17, 15) is 22.8 Å². The number of nitrogens with zero attached hydrogens (tertiary/aromatic N) is 2. The van der Waals surface area contributed by atoms with Crippen LogP contribution in [0.3, 0.4) is 0 Å². The lowest BCUT2D eigenvalue weighted by Crippen LogP contribution is -2.29. The Morgan fingerprint density at radius 1 is 1.28 bits per heavy atom. The number of amides is 1. The SMILES string of the molecule is CN(CCCC(=O)OC(C)(C)C)C(=O)c1cccnc1SC(F)(F)F. The van der Waals surface area contributed by atoms with Crippen LogP contribution in [0.1, 0.15) is 44.0 Å². The van der Waals surface area contributed by atoms with Gasteiger partial charge in [0.15, 0.2) is 0 Å². The molecule has 25 heavy (non-hydrogen) atoms. The van der Waals surface area contributed by atoms with E-state index in [2.05, 4.69) is 4.98 Å². The molecule has 9 heteroatoms. The van der Waals surface area contributed by atoms with Crippen LogP contribution in [0.15, 0.2) is 23.4 Å². The lowest BCUT2D eigenvalue weighted by atomic mass is 10.2. The number of esters is 1. The summed E-state index contributed by atoms with van der Waals surface area (Å²) in [5.74, 6) is -0.966. The van der Waals surface area contributed by atoms with E-state index >= 15 is 0 Å². The number of hydrogen-bond acceptors (Lipinski definition) is 5. The molecule has 0 saturated carbocycles. The molecule has 140 valence electrons. The Morgan fingerprint density at radius 2 is 1.92 bits per heavy atom. The summed E-state index contributed by atoms with van der Waals surface area (Å²) in [4.78, 5) is 28.9. The molecule has 1 aromatic heterocycles. The van der Waals surface area contributed by atoms with Gasteiger partial charge in [-0.25, -0.2) is 4.98 Å². The van der Waals surface area contributed by atoms with Crippen molar-refractivity contribution in [3.63, 3.8) is 0 Å². The Kier molecular flexibility index (Phi) is 7.28. The molecule has 0 aliphatic carbocycles. The number of carbonyl (C=O) groups is 2. The topological polar surface area (TPSA) is 59.5 Å². The van der Waals surface area contributed by atoms with E-state index in [1.54, 1.807) is 20.8 Å². The molecule has 1 heterocycles. The van der Waals surface area contributed by atoms with Gasteiger partial charge in [0.2, 0.25) is 0 Å². The van der Waals surface area contributed by atoms with E-state index in [1.807, 2.05) is 0 Å². The molecule has 0 unspecified atom stereocenters. The Labute approximate surface area is 148 Å². The van der Waals surface area contributed by atoms with Crippen LogP contribution in [0, 0.1) is 0 Å². The van der Waals surface area contributed by atoms with E-state index in [0.717, 1.165) is 0 Å². The molecule has 0 aliphatic heterocycles. The maximum Gasteiger partial charge on any atom is 0.447 e. The number of carbonyl (C=O) groups excluding carboxylic acids is 2. The standard InChI is InChI=1S/C16H21F3N2O3S/c1-15(2,3)24-12(22)8-6-10-21(4)14(23)11-7-5-9-20-13(11)25-16(17,18)19/h5,7,9H,6,8,10H2,1-4H3. The van der Waals surface area contributed by atoms with Crippen molar-refractivity contribution in [2.45, 2.75) is 49.7 Å². The summed E-state index contributed by atoms with van der Waals surface area (Å²) in [6.45, 7) is 5.47. The van der Waals surface area contributed by atoms with E-state index in [4.69, 9.17) is 4.74 Å². The number of aromatic nitrogens is 1. The van der Waals surface area contributed by atoms with Gasteiger partial charge in [-0.05, 0) is 39.3 Å². The second-order valence-corrected chi connectivity index (χ2v) is 7.37. The number of rotatable bonds is 6. The molecule has 0 fully saturated rings. The van der Waals surface area contributed by atoms with Gasteiger partial charge in [0, 0.05) is 38.0 Å². The Morgan fingerprint density at radius 3 is 2.48 bits per heavy atom. The van der Waals surface area contributed by atoms with Crippen molar-refractivity contribution in [3.05, 3.63) is 23.9 Å². The van der Waals surface area contributed by atoms with Crippen LogP contribution in [0.4, 0.5) is 13.2 Å². The summed E-state index contributed by atoms with van der Waals surface area (Å²) >= 11 is -0.425. The molecule has 5 nitrogen and oxygen atoms in total. The number of hydrogen-bond donors (Lipinski definition) is 0. The highest BCUT2D eigenvalue weighted by Crippen LogP contribution is 2.37. The molecule has 0 radical (unpaired) electrons. The lowest BCUT2D eigenvalue weighted by Gasteiger charge is -2.21. The zero-order chi connectivity index (χ0) is 19.3. The number of thioether (sulfide) groups is 1. The number of halogens is 3. The summed E-state index contributed by atoms with van der Waals surface area (Å²) in [7, 11) is 1.46. The van der Waals surface area contributed by atoms with Crippen molar-refractivity contribution in [2.24, 2.45) is 0 Å². The van der Waals surface area contributed by atoms with Crippen LogP contribution in [-0.2, 0) is 9.53 Å². The average molecular weight is 378 g/mol. The minimum Gasteiger partial charge on any atom is -0.460 e. The monoisotopic (exact) mass is 378 g/mol. The van der Waals surface area contributed by atoms with Crippen LogP contribution in [0.5, 0.6) is 0 Å².